The number of rotatable bonds is 8. The molecule has 4 heterocycles. The molecular formula is C29H37F2N5O5S. The molecule has 3 N–H and O–H groups in total. The van der Waals surface area contributed by atoms with E-state index in [1.54, 1.807) is 18.2 Å². The highest BCUT2D eigenvalue weighted by molar-refractivity contribution is 7.92. The van der Waals surface area contributed by atoms with Crippen molar-refractivity contribution in [2.24, 2.45) is 5.41 Å². The smallest absolute Gasteiger partial charge is 0.258 e. The molecule has 3 fully saturated rings. The van der Waals surface area contributed by atoms with Gasteiger partial charge in [-0.15, -0.1) is 0 Å². The summed E-state index contributed by atoms with van der Waals surface area (Å²) >= 11 is 0. The second-order valence-corrected chi connectivity index (χ2v) is 13.9. The molecule has 1 aliphatic carbocycles. The molecule has 1 aromatic carbocycles. The van der Waals surface area contributed by atoms with Crippen LogP contribution in [0.25, 0.3) is 0 Å². The molecule has 0 bridgehead atoms. The first kappa shape index (κ1) is 29.1. The van der Waals surface area contributed by atoms with Gasteiger partial charge < -0.3 is 25.0 Å². The maximum absolute atomic E-state index is 13.9. The van der Waals surface area contributed by atoms with Crippen molar-refractivity contribution in [2.75, 3.05) is 58.4 Å². The van der Waals surface area contributed by atoms with E-state index in [2.05, 4.69) is 14.9 Å². The molecule has 1 unspecified atom stereocenters. The standard InChI is InChI=1S/C29H37F2N5O5S/c1-19-22-17-25(32-26(23(22)18-41-19)36-12-8-29(30,31)9-13-36)33-27(38)21-3-2-20(34-42(39,40)15-14-37)16-24(21)35-10-6-28(4-5-28)7-11-35/h2-3,16-17,19,34,37H,4-15,18H2,1H3,(H,32,33,38). The van der Waals surface area contributed by atoms with Gasteiger partial charge in [-0.3, -0.25) is 9.52 Å². The van der Waals surface area contributed by atoms with E-state index in [0.29, 0.717) is 40.6 Å². The van der Waals surface area contributed by atoms with Crippen molar-refractivity contribution in [1.29, 1.82) is 0 Å². The van der Waals surface area contributed by atoms with Crippen LogP contribution in [0, 0.1) is 5.41 Å². The van der Waals surface area contributed by atoms with Crippen LogP contribution in [0.15, 0.2) is 24.3 Å². The van der Waals surface area contributed by atoms with E-state index in [4.69, 9.17) is 14.8 Å². The molecular weight excluding hydrogens is 568 g/mol. The first-order valence-corrected chi connectivity index (χ1v) is 16.2. The number of carbonyl (C=O) groups excluding carboxylic acids is 1. The highest BCUT2D eigenvalue weighted by atomic mass is 32.2. The average molecular weight is 606 g/mol. The normalized spacial score (nSPS) is 22.6. The molecule has 1 amide bonds. The number of aliphatic hydroxyl groups is 1. The summed E-state index contributed by atoms with van der Waals surface area (Å²) in [6, 6.07) is 6.57. The first-order chi connectivity index (χ1) is 20.0. The fraction of sp³-hybridized carbons (Fsp3) is 0.586. The van der Waals surface area contributed by atoms with E-state index < -0.39 is 34.2 Å². The maximum atomic E-state index is 13.9. The Morgan fingerprint density at radius 1 is 1.07 bits per heavy atom. The second-order valence-electron chi connectivity index (χ2n) is 12.0. The summed E-state index contributed by atoms with van der Waals surface area (Å²) in [5, 5.41) is 12.0. The van der Waals surface area contributed by atoms with Crippen molar-refractivity contribution in [3.63, 3.8) is 0 Å². The number of hydrogen-bond donors (Lipinski definition) is 3. The van der Waals surface area contributed by atoms with Crippen LogP contribution in [-0.4, -0.2) is 68.9 Å². The average Bonchev–Trinajstić information content (AvgIpc) is 3.59. The number of halogens is 2. The number of amides is 1. The summed E-state index contributed by atoms with van der Waals surface area (Å²) in [5.74, 6) is -2.67. The van der Waals surface area contributed by atoms with Gasteiger partial charge in [-0.25, -0.2) is 22.2 Å². The molecule has 1 aromatic heterocycles. The Bertz CT molecular complexity index is 1460. The van der Waals surface area contributed by atoms with Gasteiger partial charge in [0.05, 0.1) is 42.0 Å². The summed E-state index contributed by atoms with van der Waals surface area (Å²) in [6.45, 7) is 3.55. The number of piperidine rings is 2. The molecule has 42 heavy (non-hydrogen) atoms. The molecule has 1 atom stereocenters. The zero-order valence-corrected chi connectivity index (χ0v) is 24.5. The van der Waals surface area contributed by atoms with Gasteiger partial charge in [0.2, 0.25) is 10.0 Å². The number of ether oxygens (including phenoxy) is 1. The number of alkyl halides is 2. The Hall–Kier alpha value is -3.03. The Morgan fingerprint density at radius 3 is 2.43 bits per heavy atom. The number of nitrogens with one attached hydrogen (secondary N) is 2. The first-order valence-electron chi connectivity index (χ1n) is 14.6. The molecule has 6 rings (SSSR count). The molecule has 3 aliphatic heterocycles. The van der Waals surface area contributed by atoms with Gasteiger partial charge in [0.25, 0.3) is 11.8 Å². The lowest BCUT2D eigenvalue weighted by molar-refractivity contribution is -0.0222. The largest absolute Gasteiger partial charge is 0.395 e. The predicted octanol–water partition coefficient (Wildman–Crippen LogP) is 4.28. The van der Waals surface area contributed by atoms with Crippen LogP contribution in [0.2, 0.25) is 0 Å². The number of aliphatic hydroxyl groups excluding tert-OH is 1. The quantitative estimate of drug-likeness (QED) is 0.408. The van der Waals surface area contributed by atoms with Crippen LogP contribution in [0.3, 0.4) is 0 Å². The predicted molar refractivity (Wildman–Crippen MR) is 156 cm³/mol. The molecule has 1 spiro atoms. The third-order valence-electron chi connectivity index (χ3n) is 9.09. The third kappa shape index (κ3) is 6.04. The van der Waals surface area contributed by atoms with E-state index in [-0.39, 0.29) is 32.0 Å². The molecule has 13 heteroatoms. The highest BCUT2D eigenvalue weighted by Gasteiger charge is 2.45. The summed E-state index contributed by atoms with van der Waals surface area (Å²) in [4.78, 5) is 22.4. The fourth-order valence-electron chi connectivity index (χ4n) is 6.24. The minimum atomic E-state index is -3.75. The van der Waals surface area contributed by atoms with E-state index in [1.165, 1.54) is 18.9 Å². The van der Waals surface area contributed by atoms with Crippen molar-refractivity contribution in [2.45, 2.75) is 64.1 Å². The number of pyridine rings is 1. The highest BCUT2D eigenvalue weighted by Crippen LogP contribution is 2.54. The van der Waals surface area contributed by atoms with Crippen molar-refractivity contribution < 1.29 is 31.8 Å². The van der Waals surface area contributed by atoms with Crippen LogP contribution in [0.4, 0.5) is 31.8 Å². The second kappa shape index (κ2) is 10.9. The van der Waals surface area contributed by atoms with Crippen LogP contribution in [-0.2, 0) is 21.4 Å². The zero-order chi connectivity index (χ0) is 29.7. The summed E-state index contributed by atoms with van der Waals surface area (Å²) in [5.41, 5.74) is 3.43. The molecule has 2 saturated heterocycles. The van der Waals surface area contributed by atoms with Crippen LogP contribution in [0.1, 0.15) is 73.0 Å². The van der Waals surface area contributed by atoms with Gasteiger partial charge in [-0.2, -0.15) is 0 Å². The van der Waals surface area contributed by atoms with Crippen molar-refractivity contribution in [3.05, 3.63) is 41.0 Å². The van der Waals surface area contributed by atoms with Crippen LogP contribution < -0.4 is 19.8 Å². The number of fused-ring (bicyclic) bond motifs is 1. The number of sulfonamides is 1. The minimum absolute atomic E-state index is 0.159. The maximum Gasteiger partial charge on any atom is 0.258 e. The van der Waals surface area contributed by atoms with Crippen molar-refractivity contribution in [1.82, 2.24) is 4.98 Å². The number of nitrogens with zero attached hydrogens (tertiary/aromatic N) is 3. The number of carbonyl (C=O) groups is 1. The van der Waals surface area contributed by atoms with Crippen LogP contribution in [0.5, 0.6) is 0 Å². The van der Waals surface area contributed by atoms with Crippen molar-refractivity contribution >= 4 is 38.9 Å². The lowest BCUT2D eigenvalue weighted by Crippen LogP contribution is -2.40. The molecule has 0 radical (unpaired) electrons. The fourth-order valence-corrected chi connectivity index (χ4v) is 7.07. The third-order valence-corrected chi connectivity index (χ3v) is 10.4. The molecule has 4 aliphatic rings. The van der Waals surface area contributed by atoms with E-state index in [1.807, 2.05) is 11.8 Å². The Kier molecular flexibility index (Phi) is 7.55. The van der Waals surface area contributed by atoms with Gasteiger partial charge in [0.1, 0.15) is 11.6 Å². The Morgan fingerprint density at radius 2 is 1.76 bits per heavy atom. The summed E-state index contributed by atoms with van der Waals surface area (Å²) < 4.78 is 60.7. The van der Waals surface area contributed by atoms with E-state index in [0.717, 1.165) is 37.1 Å². The van der Waals surface area contributed by atoms with E-state index in [9.17, 15) is 22.0 Å². The zero-order valence-electron chi connectivity index (χ0n) is 23.7. The minimum Gasteiger partial charge on any atom is -0.395 e. The van der Waals surface area contributed by atoms with Crippen LogP contribution >= 0.6 is 0 Å². The monoisotopic (exact) mass is 605 g/mol. The number of anilines is 4. The van der Waals surface area contributed by atoms with Gasteiger partial charge in [0.15, 0.2) is 0 Å². The van der Waals surface area contributed by atoms with Crippen molar-refractivity contribution in [3.8, 4) is 0 Å². The van der Waals surface area contributed by atoms with Gasteiger partial charge >= 0.3 is 0 Å². The summed E-state index contributed by atoms with van der Waals surface area (Å²) in [6.07, 6.45) is 3.72. The van der Waals surface area contributed by atoms with Gasteiger partial charge in [-0.05, 0) is 67.9 Å². The van der Waals surface area contributed by atoms with E-state index >= 15 is 0 Å². The lowest BCUT2D eigenvalue weighted by atomic mass is 9.93. The molecule has 2 aromatic rings. The van der Waals surface area contributed by atoms with Gasteiger partial charge in [-0.1, -0.05) is 0 Å². The number of hydrogen-bond acceptors (Lipinski definition) is 8. The molecule has 10 nitrogen and oxygen atoms in total. The topological polar surface area (TPSA) is 124 Å². The molecule has 1 saturated carbocycles. The Balaban J connectivity index is 1.29. The van der Waals surface area contributed by atoms with Gasteiger partial charge in [0, 0.05) is 44.6 Å². The summed E-state index contributed by atoms with van der Waals surface area (Å²) in [7, 11) is -3.75. The number of aromatic nitrogens is 1. The lowest BCUT2D eigenvalue weighted by Gasteiger charge is -2.35. The molecule has 228 valence electrons. The SMILES string of the molecule is CC1OCc2c1cc(NC(=O)c1ccc(NS(=O)(=O)CCO)cc1N1CCC3(CC1)CC3)nc2N1CCC(F)(F)CC1. The Labute approximate surface area is 244 Å². The number of benzene rings is 1.